The number of hydrogen-bond acceptors (Lipinski definition) is 3. The number of nitrogens with one attached hydrogen (secondary N) is 1. The highest BCUT2D eigenvalue weighted by atomic mass is 15.3. The Bertz CT molecular complexity index is 329. The van der Waals surface area contributed by atoms with Crippen LogP contribution in [0.2, 0.25) is 0 Å². The third kappa shape index (κ3) is 4.78. The van der Waals surface area contributed by atoms with Gasteiger partial charge in [-0.3, -0.25) is 4.68 Å². The Balaban J connectivity index is 2.21. The van der Waals surface area contributed by atoms with Crippen molar-refractivity contribution in [3.63, 3.8) is 0 Å². The Hall–Kier alpha value is -0.870. The van der Waals surface area contributed by atoms with Crippen LogP contribution in [-0.2, 0) is 13.1 Å². The summed E-state index contributed by atoms with van der Waals surface area (Å²) in [6.45, 7) is 15.1. The Morgan fingerprint density at radius 3 is 2.61 bits per heavy atom. The second kappa shape index (κ2) is 8.27. The average Bonchev–Trinajstić information content (AvgIpc) is 2.74. The first-order valence-electron chi connectivity index (χ1n) is 7.17. The zero-order valence-corrected chi connectivity index (χ0v) is 12.4. The van der Waals surface area contributed by atoms with Crippen LogP contribution >= 0.6 is 0 Å². The van der Waals surface area contributed by atoms with Gasteiger partial charge in [0.25, 0.3) is 0 Å². The van der Waals surface area contributed by atoms with Crippen molar-refractivity contribution in [1.82, 2.24) is 20.0 Å². The van der Waals surface area contributed by atoms with E-state index in [0.29, 0.717) is 0 Å². The third-order valence-electron chi connectivity index (χ3n) is 3.31. The Labute approximate surface area is 111 Å². The molecular formula is C14H28N4. The normalized spacial score (nSPS) is 11.4. The smallest absolute Gasteiger partial charge is 0.0597 e. The monoisotopic (exact) mass is 252 g/mol. The fraction of sp³-hybridized carbons (Fsp3) is 0.786. The van der Waals surface area contributed by atoms with Gasteiger partial charge in [-0.15, -0.1) is 0 Å². The van der Waals surface area contributed by atoms with E-state index in [0.717, 1.165) is 38.4 Å². The number of rotatable bonds is 9. The summed E-state index contributed by atoms with van der Waals surface area (Å²) in [4.78, 5) is 2.46. The maximum atomic E-state index is 4.45. The molecule has 0 bridgehead atoms. The molecule has 0 radical (unpaired) electrons. The van der Waals surface area contributed by atoms with E-state index in [4.69, 9.17) is 0 Å². The Kier molecular flexibility index (Phi) is 6.98. The van der Waals surface area contributed by atoms with Gasteiger partial charge in [-0.25, -0.2) is 0 Å². The molecule has 0 aromatic carbocycles. The number of nitrogens with zero attached hydrogens (tertiary/aromatic N) is 3. The molecule has 1 heterocycles. The molecule has 0 amide bonds. The molecule has 0 aliphatic heterocycles. The zero-order chi connectivity index (χ0) is 13.4. The first-order valence-corrected chi connectivity index (χ1v) is 7.17. The van der Waals surface area contributed by atoms with Crippen molar-refractivity contribution in [2.75, 3.05) is 26.2 Å². The van der Waals surface area contributed by atoms with Crippen LogP contribution in [0.3, 0.4) is 0 Å². The van der Waals surface area contributed by atoms with Crippen molar-refractivity contribution in [1.29, 1.82) is 0 Å². The van der Waals surface area contributed by atoms with Gasteiger partial charge in [-0.05, 0) is 52.5 Å². The summed E-state index contributed by atoms with van der Waals surface area (Å²) in [5, 5.41) is 7.96. The molecule has 0 unspecified atom stereocenters. The molecule has 1 aromatic heterocycles. The predicted molar refractivity (Wildman–Crippen MR) is 76.7 cm³/mol. The summed E-state index contributed by atoms with van der Waals surface area (Å²) in [6, 6.07) is 2.17. The molecule has 4 heteroatoms. The Morgan fingerprint density at radius 1 is 1.28 bits per heavy atom. The van der Waals surface area contributed by atoms with E-state index >= 15 is 0 Å². The lowest BCUT2D eigenvalue weighted by atomic mass is 10.3. The molecule has 0 saturated heterocycles. The zero-order valence-electron chi connectivity index (χ0n) is 12.4. The number of hydrogen-bond donors (Lipinski definition) is 1. The predicted octanol–water partition coefficient (Wildman–Crippen LogP) is 2.03. The molecule has 0 aliphatic carbocycles. The van der Waals surface area contributed by atoms with Gasteiger partial charge in [-0.1, -0.05) is 13.8 Å². The highest BCUT2D eigenvalue weighted by Crippen LogP contribution is 2.03. The molecule has 1 rings (SSSR count). The van der Waals surface area contributed by atoms with Crippen molar-refractivity contribution in [3.05, 3.63) is 17.5 Å². The molecular weight excluding hydrogens is 224 g/mol. The van der Waals surface area contributed by atoms with E-state index < -0.39 is 0 Å². The molecule has 4 nitrogen and oxygen atoms in total. The van der Waals surface area contributed by atoms with Crippen LogP contribution in [0.15, 0.2) is 6.07 Å². The van der Waals surface area contributed by atoms with Crippen LogP contribution in [-0.4, -0.2) is 40.9 Å². The summed E-state index contributed by atoms with van der Waals surface area (Å²) >= 11 is 0. The summed E-state index contributed by atoms with van der Waals surface area (Å²) in [5.41, 5.74) is 2.40. The SMILES string of the molecule is CCN(CC)CCCNCc1cc(C)nn1CC. The Morgan fingerprint density at radius 2 is 2.00 bits per heavy atom. The van der Waals surface area contributed by atoms with E-state index in [1.54, 1.807) is 0 Å². The molecule has 0 atom stereocenters. The standard InChI is InChI=1S/C14H28N4/c1-5-17(6-2)10-8-9-15-12-14-11-13(4)16-18(14)7-3/h11,15H,5-10,12H2,1-4H3. The fourth-order valence-corrected chi connectivity index (χ4v) is 2.20. The van der Waals surface area contributed by atoms with E-state index in [2.05, 4.69) is 53.8 Å². The minimum absolute atomic E-state index is 0.924. The molecule has 0 saturated carbocycles. The number of aryl methyl sites for hydroxylation is 2. The maximum absolute atomic E-state index is 4.45. The summed E-state index contributed by atoms with van der Waals surface area (Å²) in [6.07, 6.45) is 1.21. The van der Waals surface area contributed by atoms with Crippen molar-refractivity contribution >= 4 is 0 Å². The van der Waals surface area contributed by atoms with Crippen molar-refractivity contribution in [2.45, 2.75) is 47.2 Å². The first-order chi connectivity index (χ1) is 8.71. The van der Waals surface area contributed by atoms with Gasteiger partial charge >= 0.3 is 0 Å². The van der Waals surface area contributed by atoms with Gasteiger partial charge < -0.3 is 10.2 Å². The van der Waals surface area contributed by atoms with Crippen molar-refractivity contribution in [2.24, 2.45) is 0 Å². The summed E-state index contributed by atoms with van der Waals surface area (Å²) < 4.78 is 2.08. The van der Waals surface area contributed by atoms with Gasteiger partial charge in [0.2, 0.25) is 0 Å². The van der Waals surface area contributed by atoms with Crippen LogP contribution in [0, 0.1) is 6.92 Å². The van der Waals surface area contributed by atoms with Gasteiger partial charge in [0.15, 0.2) is 0 Å². The van der Waals surface area contributed by atoms with Crippen LogP contribution in [0.5, 0.6) is 0 Å². The third-order valence-corrected chi connectivity index (χ3v) is 3.31. The lowest BCUT2D eigenvalue weighted by molar-refractivity contribution is 0.297. The first kappa shape index (κ1) is 15.2. The molecule has 18 heavy (non-hydrogen) atoms. The summed E-state index contributed by atoms with van der Waals surface area (Å²) in [7, 11) is 0. The van der Waals surface area contributed by atoms with Gasteiger partial charge in [0.05, 0.1) is 11.4 Å². The quantitative estimate of drug-likeness (QED) is 0.683. The van der Waals surface area contributed by atoms with E-state index in [9.17, 15) is 0 Å². The minimum atomic E-state index is 0.924. The fourth-order valence-electron chi connectivity index (χ4n) is 2.20. The minimum Gasteiger partial charge on any atom is -0.311 e. The topological polar surface area (TPSA) is 33.1 Å². The van der Waals surface area contributed by atoms with Gasteiger partial charge in [0, 0.05) is 13.1 Å². The van der Waals surface area contributed by atoms with E-state index in [1.807, 2.05) is 0 Å². The van der Waals surface area contributed by atoms with E-state index in [-0.39, 0.29) is 0 Å². The van der Waals surface area contributed by atoms with E-state index in [1.165, 1.54) is 18.7 Å². The van der Waals surface area contributed by atoms with Gasteiger partial charge in [0.1, 0.15) is 0 Å². The van der Waals surface area contributed by atoms with Crippen LogP contribution in [0.4, 0.5) is 0 Å². The molecule has 0 fully saturated rings. The number of aromatic nitrogens is 2. The summed E-state index contributed by atoms with van der Waals surface area (Å²) in [5.74, 6) is 0. The lowest BCUT2D eigenvalue weighted by Gasteiger charge is -2.17. The van der Waals surface area contributed by atoms with Crippen molar-refractivity contribution in [3.8, 4) is 0 Å². The molecule has 104 valence electrons. The van der Waals surface area contributed by atoms with Gasteiger partial charge in [-0.2, -0.15) is 5.10 Å². The lowest BCUT2D eigenvalue weighted by Crippen LogP contribution is -2.27. The second-order valence-electron chi connectivity index (χ2n) is 4.65. The van der Waals surface area contributed by atoms with Crippen LogP contribution in [0.1, 0.15) is 38.6 Å². The molecule has 1 aromatic rings. The maximum Gasteiger partial charge on any atom is 0.0597 e. The van der Waals surface area contributed by atoms with Crippen LogP contribution in [0.25, 0.3) is 0 Å². The van der Waals surface area contributed by atoms with Crippen molar-refractivity contribution < 1.29 is 0 Å². The molecule has 0 aliphatic rings. The van der Waals surface area contributed by atoms with Crippen LogP contribution < -0.4 is 5.32 Å². The highest BCUT2D eigenvalue weighted by molar-refractivity contribution is 5.08. The highest BCUT2D eigenvalue weighted by Gasteiger charge is 2.03. The molecule has 1 N–H and O–H groups in total. The molecule has 0 spiro atoms. The largest absolute Gasteiger partial charge is 0.311 e. The average molecular weight is 252 g/mol. The second-order valence-corrected chi connectivity index (χ2v) is 4.65.